The summed E-state index contributed by atoms with van der Waals surface area (Å²) in [4.78, 5) is 38.8. The van der Waals surface area contributed by atoms with Gasteiger partial charge in [0, 0.05) is 12.2 Å². The number of carbonyl (C=O) groups is 3. The summed E-state index contributed by atoms with van der Waals surface area (Å²) in [5.74, 6) is -0.471. The van der Waals surface area contributed by atoms with Gasteiger partial charge in [-0.05, 0) is 74.8 Å². The van der Waals surface area contributed by atoms with E-state index in [9.17, 15) is 19.5 Å². The number of ether oxygens (including phenoxy) is 2. The molecular formula is C29H37N3O6. The van der Waals surface area contributed by atoms with Gasteiger partial charge in [0.15, 0.2) is 0 Å². The molecule has 1 saturated carbocycles. The van der Waals surface area contributed by atoms with Gasteiger partial charge in [0.2, 0.25) is 5.91 Å². The van der Waals surface area contributed by atoms with Crippen LogP contribution in [0.1, 0.15) is 49.7 Å². The van der Waals surface area contributed by atoms with Crippen molar-refractivity contribution >= 4 is 29.3 Å². The van der Waals surface area contributed by atoms with Gasteiger partial charge in [-0.2, -0.15) is 0 Å². The van der Waals surface area contributed by atoms with Gasteiger partial charge in [0.1, 0.15) is 5.75 Å². The minimum Gasteiger partial charge on any atom is -0.495 e. The number of aliphatic carboxylic acids is 1. The summed E-state index contributed by atoms with van der Waals surface area (Å²) in [6.07, 6.45) is 4.93. The lowest BCUT2D eigenvalue weighted by Crippen LogP contribution is -2.40. The minimum absolute atomic E-state index is 0.0331. The van der Waals surface area contributed by atoms with Gasteiger partial charge in [-0.15, -0.1) is 0 Å². The average Bonchev–Trinajstić information content (AvgIpc) is 3.39. The number of carboxylic acid groups (broad SMARTS) is 1. The number of urea groups is 1. The second kappa shape index (κ2) is 12.8. The molecule has 4 rings (SSSR count). The second-order valence-corrected chi connectivity index (χ2v) is 10.1. The van der Waals surface area contributed by atoms with Crippen LogP contribution >= 0.6 is 0 Å². The molecule has 0 radical (unpaired) electrons. The normalized spacial score (nSPS) is 21.1. The lowest BCUT2D eigenvalue weighted by atomic mass is 9.87. The number of benzene rings is 2. The molecule has 0 aromatic heterocycles. The first-order valence-electron chi connectivity index (χ1n) is 13.3. The fourth-order valence-corrected chi connectivity index (χ4v) is 5.27. The van der Waals surface area contributed by atoms with Crippen LogP contribution in [0.5, 0.6) is 5.75 Å². The van der Waals surface area contributed by atoms with E-state index in [1.165, 1.54) is 7.11 Å². The summed E-state index contributed by atoms with van der Waals surface area (Å²) in [7, 11) is 1.53. The summed E-state index contributed by atoms with van der Waals surface area (Å²) >= 11 is 0. The smallest absolute Gasteiger partial charge is 0.323 e. The zero-order valence-electron chi connectivity index (χ0n) is 22.1. The maximum atomic E-state index is 13.2. The molecule has 38 heavy (non-hydrogen) atoms. The molecule has 0 spiro atoms. The number of hydrogen-bond acceptors (Lipinski definition) is 5. The van der Waals surface area contributed by atoms with Crippen LogP contribution in [0.2, 0.25) is 0 Å². The number of rotatable bonds is 9. The van der Waals surface area contributed by atoms with Gasteiger partial charge >= 0.3 is 12.0 Å². The van der Waals surface area contributed by atoms with Gasteiger partial charge in [0.25, 0.3) is 0 Å². The van der Waals surface area contributed by atoms with Gasteiger partial charge in [-0.3, -0.25) is 9.59 Å². The van der Waals surface area contributed by atoms with Crippen LogP contribution in [-0.4, -0.2) is 60.3 Å². The van der Waals surface area contributed by atoms with Crippen molar-refractivity contribution in [2.24, 2.45) is 5.92 Å². The van der Waals surface area contributed by atoms with Gasteiger partial charge in [-0.1, -0.05) is 24.3 Å². The monoisotopic (exact) mass is 523 g/mol. The van der Waals surface area contributed by atoms with Crippen LogP contribution in [0.3, 0.4) is 0 Å². The predicted octanol–water partition coefficient (Wildman–Crippen LogP) is 4.84. The largest absolute Gasteiger partial charge is 0.495 e. The quantitative estimate of drug-likeness (QED) is 0.433. The fraction of sp³-hybridized carbons (Fsp3) is 0.483. The number of carbonyl (C=O) groups excluding carboxylic acids is 2. The summed E-state index contributed by atoms with van der Waals surface area (Å²) in [6, 6.07) is 12.5. The molecule has 3 amide bonds. The van der Waals surface area contributed by atoms with Crippen LogP contribution in [-0.2, 0) is 20.7 Å². The van der Waals surface area contributed by atoms with Crippen molar-refractivity contribution in [3.05, 3.63) is 53.6 Å². The van der Waals surface area contributed by atoms with Crippen LogP contribution in [0.15, 0.2) is 42.5 Å². The number of carboxylic acids is 1. The summed E-state index contributed by atoms with van der Waals surface area (Å²) in [5.41, 5.74) is 3.00. The second-order valence-electron chi connectivity index (χ2n) is 10.1. The SMILES string of the molecule is COc1cc(CC(=O)N2CCCC2COC2CCC(C(=O)O)CC2)ccc1NC(=O)Nc1ccccc1C. The molecule has 1 unspecified atom stereocenters. The Morgan fingerprint density at radius 2 is 1.74 bits per heavy atom. The standard InChI is InChI=1S/C29H37N3O6/c1-19-6-3-4-8-24(19)30-29(36)31-25-14-9-20(16-26(25)37-2)17-27(33)32-15-5-7-22(32)18-38-23-12-10-21(11-13-23)28(34)35/h3-4,6,8-9,14,16,21-23H,5,7,10-13,15,17-18H2,1-2H3,(H,34,35)(H2,30,31,36). The molecule has 1 aliphatic heterocycles. The van der Waals surface area contributed by atoms with Crippen LogP contribution < -0.4 is 15.4 Å². The van der Waals surface area contributed by atoms with Crippen molar-refractivity contribution in [1.82, 2.24) is 4.90 Å². The maximum Gasteiger partial charge on any atom is 0.323 e. The number of amides is 3. The predicted molar refractivity (Wildman–Crippen MR) is 145 cm³/mol. The molecule has 0 bridgehead atoms. The van der Waals surface area contributed by atoms with E-state index >= 15 is 0 Å². The van der Waals surface area contributed by atoms with E-state index in [4.69, 9.17) is 9.47 Å². The van der Waals surface area contributed by atoms with Crippen molar-refractivity contribution in [2.75, 3.05) is 30.9 Å². The van der Waals surface area contributed by atoms with E-state index in [2.05, 4.69) is 10.6 Å². The average molecular weight is 524 g/mol. The molecule has 1 saturated heterocycles. The Bertz CT molecular complexity index is 1140. The number of likely N-dealkylation sites (tertiary alicyclic amines) is 1. The van der Waals surface area contributed by atoms with Crippen molar-refractivity contribution < 1.29 is 29.0 Å². The molecule has 9 nitrogen and oxygen atoms in total. The maximum absolute atomic E-state index is 13.2. The molecule has 2 fully saturated rings. The molecule has 1 heterocycles. The Balaban J connectivity index is 1.30. The third kappa shape index (κ3) is 7.04. The fourth-order valence-electron chi connectivity index (χ4n) is 5.27. The summed E-state index contributed by atoms with van der Waals surface area (Å²) < 4.78 is 11.6. The Kier molecular flexibility index (Phi) is 9.23. The lowest BCUT2D eigenvalue weighted by Gasteiger charge is -2.30. The highest BCUT2D eigenvalue weighted by molar-refractivity contribution is 6.01. The molecule has 2 aliphatic rings. The first-order valence-corrected chi connectivity index (χ1v) is 13.3. The van der Waals surface area contributed by atoms with Crippen molar-refractivity contribution in [2.45, 2.75) is 64.0 Å². The number of hydrogen-bond donors (Lipinski definition) is 3. The van der Waals surface area contributed by atoms with Gasteiger partial charge in [-0.25, -0.2) is 4.79 Å². The highest BCUT2D eigenvalue weighted by Crippen LogP contribution is 2.29. The van der Waals surface area contributed by atoms with Gasteiger partial charge in [0.05, 0.1) is 43.9 Å². The van der Waals surface area contributed by atoms with Crippen molar-refractivity contribution in [3.63, 3.8) is 0 Å². The van der Waals surface area contributed by atoms with Crippen LogP contribution in [0.4, 0.5) is 16.2 Å². The topological polar surface area (TPSA) is 117 Å². The number of nitrogens with one attached hydrogen (secondary N) is 2. The number of aryl methyl sites for hydroxylation is 1. The number of methoxy groups -OCH3 is 1. The van der Waals surface area contributed by atoms with E-state index in [0.717, 1.165) is 42.5 Å². The van der Waals surface area contributed by atoms with Crippen LogP contribution in [0, 0.1) is 12.8 Å². The first-order chi connectivity index (χ1) is 18.3. The van der Waals surface area contributed by atoms with E-state index in [1.807, 2.05) is 42.2 Å². The number of anilines is 2. The van der Waals surface area contributed by atoms with Gasteiger partial charge < -0.3 is 30.1 Å². The molecule has 9 heteroatoms. The minimum atomic E-state index is -0.720. The zero-order valence-corrected chi connectivity index (χ0v) is 22.1. The van der Waals surface area contributed by atoms with E-state index in [1.54, 1.807) is 12.1 Å². The first kappa shape index (κ1) is 27.4. The molecule has 2 aromatic carbocycles. The molecule has 3 N–H and O–H groups in total. The molecule has 2 aromatic rings. The zero-order chi connectivity index (χ0) is 27.1. The molecule has 1 atom stereocenters. The third-order valence-electron chi connectivity index (χ3n) is 7.51. The Labute approximate surface area is 223 Å². The Morgan fingerprint density at radius 3 is 2.45 bits per heavy atom. The van der Waals surface area contributed by atoms with Crippen molar-refractivity contribution in [3.8, 4) is 5.75 Å². The Hall–Kier alpha value is -3.59. The Morgan fingerprint density at radius 1 is 1.00 bits per heavy atom. The lowest BCUT2D eigenvalue weighted by molar-refractivity contribution is -0.144. The highest BCUT2D eigenvalue weighted by Gasteiger charge is 2.31. The molecular weight excluding hydrogens is 486 g/mol. The molecule has 204 valence electrons. The van der Waals surface area contributed by atoms with E-state index < -0.39 is 5.97 Å². The number of nitrogens with zero attached hydrogens (tertiary/aromatic N) is 1. The van der Waals surface area contributed by atoms with E-state index in [0.29, 0.717) is 37.4 Å². The number of para-hydroxylation sites is 1. The third-order valence-corrected chi connectivity index (χ3v) is 7.51. The van der Waals surface area contributed by atoms with E-state index in [-0.39, 0.29) is 36.4 Å². The van der Waals surface area contributed by atoms with Crippen LogP contribution in [0.25, 0.3) is 0 Å². The molecule has 1 aliphatic carbocycles. The summed E-state index contributed by atoms with van der Waals surface area (Å²) in [5, 5.41) is 14.8. The van der Waals surface area contributed by atoms with Crippen molar-refractivity contribution in [1.29, 1.82) is 0 Å². The summed E-state index contributed by atoms with van der Waals surface area (Å²) in [6.45, 7) is 3.11. The highest BCUT2D eigenvalue weighted by atomic mass is 16.5.